The molecule has 1 aromatic heterocycles. The molecule has 4 heteroatoms. The normalized spacial score (nSPS) is 10.1. The largest absolute Gasteiger partial charge is 0.395 e. The summed E-state index contributed by atoms with van der Waals surface area (Å²) in [7, 11) is 1.90. The van der Waals surface area contributed by atoms with E-state index in [4.69, 9.17) is 5.11 Å². The second-order valence-electron chi connectivity index (χ2n) is 3.47. The molecule has 0 atom stereocenters. The monoisotopic (exact) mass is 221 g/mol. The first kappa shape index (κ1) is 12.7. The number of hydrogen-bond acceptors (Lipinski definition) is 4. The zero-order chi connectivity index (χ0) is 11.8. The van der Waals surface area contributed by atoms with E-state index in [9.17, 15) is 0 Å². The fraction of sp³-hybridized carbons (Fsp3) is 0.417. The van der Waals surface area contributed by atoms with Gasteiger partial charge in [0, 0.05) is 31.4 Å². The second kappa shape index (κ2) is 6.98. The van der Waals surface area contributed by atoms with Crippen LogP contribution in [0.5, 0.6) is 0 Å². The van der Waals surface area contributed by atoms with Crippen LogP contribution in [0.3, 0.4) is 0 Å². The molecule has 0 spiro atoms. The van der Waals surface area contributed by atoms with E-state index < -0.39 is 0 Å². The number of aliphatic hydroxyl groups is 1. The average molecular weight is 221 g/mol. The van der Waals surface area contributed by atoms with Gasteiger partial charge in [-0.15, -0.1) is 6.58 Å². The van der Waals surface area contributed by atoms with Gasteiger partial charge in [0.2, 0.25) is 0 Å². The van der Waals surface area contributed by atoms with E-state index in [2.05, 4.69) is 16.9 Å². The lowest BCUT2D eigenvalue weighted by molar-refractivity contribution is 0.302. The van der Waals surface area contributed by atoms with Gasteiger partial charge in [-0.1, -0.05) is 12.1 Å². The maximum Gasteiger partial charge on any atom is 0.133 e. The lowest BCUT2D eigenvalue weighted by Crippen LogP contribution is -2.29. The molecular weight excluding hydrogens is 202 g/mol. The van der Waals surface area contributed by atoms with Crippen molar-refractivity contribution in [2.75, 3.05) is 31.6 Å². The van der Waals surface area contributed by atoms with Crippen molar-refractivity contribution in [1.82, 2.24) is 10.3 Å². The zero-order valence-corrected chi connectivity index (χ0v) is 9.69. The summed E-state index contributed by atoms with van der Waals surface area (Å²) in [6.45, 7) is 5.86. The molecule has 0 saturated carbocycles. The Kier molecular flexibility index (Phi) is 5.53. The number of hydrogen-bond donors (Lipinski definition) is 2. The molecule has 0 aliphatic rings. The first-order valence-corrected chi connectivity index (χ1v) is 5.38. The Bertz CT molecular complexity index is 328. The summed E-state index contributed by atoms with van der Waals surface area (Å²) in [4.78, 5) is 6.38. The van der Waals surface area contributed by atoms with Crippen molar-refractivity contribution in [2.24, 2.45) is 0 Å². The molecule has 1 rings (SSSR count). The molecule has 0 unspecified atom stereocenters. The van der Waals surface area contributed by atoms with E-state index in [1.165, 1.54) is 0 Å². The molecule has 1 aromatic rings. The van der Waals surface area contributed by atoms with Crippen molar-refractivity contribution < 1.29 is 5.11 Å². The van der Waals surface area contributed by atoms with E-state index >= 15 is 0 Å². The van der Waals surface area contributed by atoms with Crippen molar-refractivity contribution in [3.63, 3.8) is 0 Å². The van der Waals surface area contributed by atoms with Gasteiger partial charge in [0.25, 0.3) is 0 Å². The average Bonchev–Trinajstić information content (AvgIpc) is 2.30. The van der Waals surface area contributed by atoms with Crippen LogP contribution < -0.4 is 10.2 Å². The Morgan fingerprint density at radius 1 is 1.62 bits per heavy atom. The Hall–Kier alpha value is -1.39. The van der Waals surface area contributed by atoms with Crippen LogP contribution in [0.25, 0.3) is 0 Å². The van der Waals surface area contributed by atoms with E-state index in [0.717, 1.165) is 17.9 Å². The fourth-order valence-electron chi connectivity index (χ4n) is 1.60. The van der Waals surface area contributed by atoms with Crippen LogP contribution in [0.1, 0.15) is 5.56 Å². The van der Waals surface area contributed by atoms with Gasteiger partial charge >= 0.3 is 0 Å². The van der Waals surface area contributed by atoms with Crippen molar-refractivity contribution in [1.29, 1.82) is 0 Å². The molecule has 0 aromatic carbocycles. The summed E-state index contributed by atoms with van der Waals surface area (Å²) in [6.07, 6.45) is 3.58. The molecule has 1 heterocycles. The zero-order valence-electron chi connectivity index (χ0n) is 9.69. The lowest BCUT2D eigenvalue weighted by atomic mass is 10.2. The quantitative estimate of drug-likeness (QED) is 0.668. The number of aliphatic hydroxyl groups excluding tert-OH is 1. The minimum absolute atomic E-state index is 0.114. The Morgan fingerprint density at radius 3 is 3.06 bits per heavy atom. The Labute approximate surface area is 96.6 Å². The Morgan fingerprint density at radius 2 is 2.44 bits per heavy atom. The van der Waals surface area contributed by atoms with Crippen molar-refractivity contribution in [3.05, 3.63) is 36.5 Å². The summed E-state index contributed by atoms with van der Waals surface area (Å²) in [5.41, 5.74) is 1.13. The summed E-state index contributed by atoms with van der Waals surface area (Å²) in [6, 6.07) is 3.95. The number of nitrogens with one attached hydrogen (secondary N) is 1. The maximum atomic E-state index is 9.03. The highest BCUT2D eigenvalue weighted by atomic mass is 16.3. The number of anilines is 1. The van der Waals surface area contributed by atoms with E-state index in [-0.39, 0.29) is 6.61 Å². The maximum absolute atomic E-state index is 9.03. The van der Waals surface area contributed by atoms with Crippen LogP contribution in [0.4, 0.5) is 5.82 Å². The first-order valence-electron chi connectivity index (χ1n) is 5.38. The molecule has 0 fully saturated rings. The molecule has 4 nitrogen and oxygen atoms in total. The van der Waals surface area contributed by atoms with E-state index in [1.54, 1.807) is 6.20 Å². The van der Waals surface area contributed by atoms with Crippen molar-refractivity contribution in [2.45, 2.75) is 6.54 Å². The molecular formula is C12H19N3O. The van der Waals surface area contributed by atoms with Gasteiger partial charge in [0.1, 0.15) is 5.82 Å². The van der Waals surface area contributed by atoms with Gasteiger partial charge in [-0.05, 0) is 13.1 Å². The minimum atomic E-state index is 0.114. The highest BCUT2D eigenvalue weighted by Crippen LogP contribution is 2.16. The molecule has 88 valence electrons. The SMILES string of the molecule is C=CCN(CCO)c1ncccc1CNC. The van der Waals surface area contributed by atoms with Crippen molar-refractivity contribution in [3.8, 4) is 0 Å². The number of nitrogens with zero attached hydrogens (tertiary/aromatic N) is 2. The highest BCUT2D eigenvalue weighted by Gasteiger charge is 2.09. The molecule has 0 radical (unpaired) electrons. The van der Waals surface area contributed by atoms with Gasteiger partial charge in [0.15, 0.2) is 0 Å². The van der Waals surface area contributed by atoms with Gasteiger partial charge < -0.3 is 15.3 Å². The smallest absolute Gasteiger partial charge is 0.133 e. The summed E-state index contributed by atoms with van der Waals surface area (Å²) in [5.74, 6) is 0.908. The Balaban J connectivity index is 2.92. The van der Waals surface area contributed by atoms with Crippen LogP contribution in [0.15, 0.2) is 31.0 Å². The first-order chi connectivity index (χ1) is 7.83. The van der Waals surface area contributed by atoms with E-state index in [1.807, 2.05) is 30.2 Å². The number of pyridine rings is 1. The van der Waals surface area contributed by atoms with Crippen LogP contribution in [0, 0.1) is 0 Å². The van der Waals surface area contributed by atoms with Crippen LogP contribution in [0.2, 0.25) is 0 Å². The predicted octanol–water partition coefficient (Wildman–Crippen LogP) is 0.786. The summed E-state index contributed by atoms with van der Waals surface area (Å²) in [5, 5.41) is 12.1. The molecule has 16 heavy (non-hydrogen) atoms. The number of aromatic nitrogens is 1. The molecule has 0 aliphatic heterocycles. The summed E-state index contributed by atoms with van der Waals surface area (Å²) >= 11 is 0. The standard InChI is InChI=1S/C12H19N3O/c1-3-7-15(8-9-16)12-11(10-13-2)5-4-6-14-12/h3-6,13,16H,1,7-10H2,2H3. The molecule has 2 N–H and O–H groups in total. The van der Waals surface area contributed by atoms with Gasteiger partial charge in [-0.2, -0.15) is 0 Å². The third-order valence-corrected chi connectivity index (χ3v) is 2.25. The third kappa shape index (κ3) is 3.32. The van der Waals surface area contributed by atoms with Crippen molar-refractivity contribution >= 4 is 5.82 Å². The van der Waals surface area contributed by atoms with E-state index in [0.29, 0.717) is 13.1 Å². The van der Waals surface area contributed by atoms with Gasteiger partial charge in [-0.3, -0.25) is 0 Å². The molecule has 0 bridgehead atoms. The summed E-state index contributed by atoms with van der Waals surface area (Å²) < 4.78 is 0. The molecule has 0 saturated heterocycles. The fourth-order valence-corrected chi connectivity index (χ4v) is 1.60. The van der Waals surface area contributed by atoms with Crippen LogP contribution >= 0.6 is 0 Å². The topological polar surface area (TPSA) is 48.4 Å². The van der Waals surface area contributed by atoms with Gasteiger partial charge in [0.05, 0.1) is 6.61 Å². The molecule has 0 amide bonds. The molecule has 0 aliphatic carbocycles. The lowest BCUT2D eigenvalue weighted by Gasteiger charge is -2.23. The predicted molar refractivity (Wildman–Crippen MR) is 66.5 cm³/mol. The minimum Gasteiger partial charge on any atom is -0.395 e. The van der Waals surface area contributed by atoms with Gasteiger partial charge in [-0.25, -0.2) is 4.98 Å². The van der Waals surface area contributed by atoms with Crippen LogP contribution in [-0.2, 0) is 6.54 Å². The highest BCUT2D eigenvalue weighted by molar-refractivity contribution is 5.47. The third-order valence-electron chi connectivity index (χ3n) is 2.25. The van der Waals surface area contributed by atoms with Crippen LogP contribution in [-0.4, -0.2) is 36.8 Å². The second-order valence-corrected chi connectivity index (χ2v) is 3.47. The number of rotatable bonds is 7.